The fourth-order valence-corrected chi connectivity index (χ4v) is 0.700. The van der Waals surface area contributed by atoms with E-state index in [1.165, 1.54) is 13.2 Å². The van der Waals surface area contributed by atoms with Gasteiger partial charge in [-0.1, -0.05) is 6.08 Å². The zero-order chi connectivity index (χ0) is 12.2. The van der Waals surface area contributed by atoms with E-state index in [1.807, 2.05) is 0 Å². The van der Waals surface area contributed by atoms with Gasteiger partial charge in [-0.25, -0.2) is 0 Å². The van der Waals surface area contributed by atoms with Crippen LogP contribution in [0.15, 0.2) is 24.5 Å². The van der Waals surface area contributed by atoms with Crippen LogP contribution in [0, 0.1) is 0 Å². The van der Waals surface area contributed by atoms with Gasteiger partial charge in [0, 0.05) is 7.11 Å². The number of halogens is 2. The summed E-state index contributed by atoms with van der Waals surface area (Å²) in [4.78, 5) is 0. The van der Waals surface area contributed by atoms with Crippen LogP contribution in [0.1, 0.15) is 0 Å². The van der Waals surface area contributed by atoms with Crippen molar-refractivity contribution in [1.82, 2.24) is 0 Å². The molecule has 0 amide bonds. The van der Waals surface area contributed by atoms with Crippen LogP contribution in [-0.4, -0.2) is 40.3 Å². The lowest BCUT2D eigenvalue weighted by Crippen LogP contribution is -2.09. The third-order valence-corrected chi connectivity index (χ3v) is 1.43. The maximum Gasteiger partial charge on any atom is 0.310 e. The van der Waals surface area contributed by atoms with Crippen molar-refractivity contribution in [2.75, 3.05) is 40.3 Å². The molecule has 0 aromatic rings. The molecule has 0 aromatic heterocycles. The molecule has 0 N–H and O–H groups in total. The Morgan fingerprint density at radius 3 is 2.56 bits per heavy atom. The van der Waals surface area contributed by atoms with Gasteiger partial charge in [0.05, 0.1) is 19.8 Å². The van der Waals surface area contributed by atoms with Crippen molar-refractivity contribution < 1.29 is 27.7 Å². The Balaban J connectivity index is 3.70. The Labute approximate surface area is 93.4 Å². The van der Waals surface area contributed by atoms with E-state index in [-0.39, 0.29) is 26.6 Å². The van der Waals surface area contributed by atoms with Crippen LogP contribution in [0.3, 0.4) is 0 Å². The summed E-state index contributed by atoms with van der Waals surface area (Å²) < 4.78 is 43.6. The van der Waals surface area contributed by atoms with Crippen LogP contribution >= 0.6 is 0 Å². The quantitative estimate of drug-likeness (QED) is 0.252. The smallest absolute Gasteiger partial charge is 0.310 e. The molecule has 4 nitrogen and oxygen atoms in total. The van der Waals surface area contributed by atoms with Crippen LogP contribution in [0.4, 0.5) is 8.78 Å². The van der Waals surface area contributed by atoms with Gasteiger partial charge in [0.2, 0.25) is 0 Å². The highest BCUT2D eigenvalue weighted by atomic mass is 19.3. The summed E-state index contributed by atoms with van der Waals surface area (Å²) in [5, 5.41) is 0. The van der Waals surface area contributed by atoms with Gasteiger partial charge >= 0.3 is 6.08 Å². The molecular weight excluding hydrogens is 222 g/mol. The van der Waals surface area contributed by atoms with Crippen LogP contribution in [0.5, 0.6) is 0 Å². The fourth-order valence-electron chi connectivity index (χ4n) is 0.700. The number of hydrogen-bond donors (Lipinski definition) is 0. The van der Waals surface area contributed by atoms with E-state index in [0.29, 0.717) is 6.61 Å². The molecule has 0 radical (unpaired) electrons. The molecule has 0 fully saturated rings. The molecule has 6 heteroatoms. The van der Waals surface area contributed by atoms with Gasteiger partial charge in [-0.05, 0) is 0 Å². The van der Waals surface area contributed by atoms with E-state index in [9.17, 15) is 8.78 Å². The highest BCUT2D eigenvalue weighted by Crippen LogP contribution is 2.09. The zero-order valence-corrected chi connectivity index (χ0v) is 9.21. The summed E-state index contributed by atoms with van der Waals surface area (Å²) in [7, 11) is 1.51. The summed E-state index contributed by atoms with van der Waals surface area (Å²) in [6.45, 7) is 3.68. The average Bonchev–Trinajstić information content (AvgIpc) is 2.26. The summed E-state index contributed by atoms with van der Waals surface area (Å²) in [6, 6.07) is 0. The Morgan fingerprint density at radius 2 is 2.00 bits per heavy atom. The molecule has 0 unspecified atom stereocenters. The first-order valence-electron chi connectivity index (χ1n) is 4.64. The molecule has 0 saturated carbocycles. The van der Waals surface area contributed by atoms with Crippen molar-refractivity contribution in [3.63, 3.8) is 0 Å². The summed E-state index contributed by atoms with van der Waals surface area (Å²) in [5.41, 5.74) is 0. The molecule has 0 saturated heterocycles. The first kappa shape index (κ1) is 15.0. The van der Waals surface area contributed by atoms with Gasteiger partial charge in [0.1, 0.15) is 6.61 Å². The van der Waals surface area contributed by atoms with Gasteiger partial charge in [0.15, 0.2) is 12.6 Å². The predicted octanol–water partition coefficient (Wildman–Crippen LogP) is 1.93. The van der Waals surface area contributed by atoms with Crippen molar-refractivity contribution in [3.05, 3.63) is 24.5 Å². The highest BCUT2D eigenvalue weighted by Gasteiger charge is 2.07. The van der Waals surface area contributed by atoms with E-state index in [4.69, 9.17) is 14.2 Å². The molecule has 0 aromatic carbocycles. The first-order valence-corrected chi connectivity index (χ1v) is 4.64. The predicted molar refractivity (Wildman–Crippen MR) is 54.0 cm³/mol. The fraction of sp³-hybridized carbons (Fsp3) is 0.600. The molecule has 0 bridgehead atoms. The monoisotopic (exact) mass is 238 g/mol. The van der Waals surface area contributed by atoms with E-state index in [0.717, 1.165) is 0 Å². The average molecular weight is 238 g/mol. The summed E-state index contributed by atoms with van der Waals surface area (Å²) in [5.74, 6) is -0.528. The molecule has 94 valence electrons. The Bertz CT molecular complexity index is 215. The third-order valence-electron chi connectivity index (χ3n) is 1.43. The van der Waals surface area contributed by atoms with Gasteiger partial charge in [-0.3, -0.25) is 0 Å². The minimum absolute atomic E-state index is 0.185. The van der Waals surface area contributed by atoms with E-state index in [2.05, 4.69) is 11.3 Å². The summed E-state index contributed by atoms with van der Waals surface area (Å²) in [6.07, 6.45) is -0.456. The van der Waals surface area contributed by atoms with E-state index in [1.54, 1.807) is 0 Å². The molecular formula is C10H16F2O4. The van der Waals surface area contributed by atoms with Crippen molar-refractivity contribution in [3.8, 4) is 0 Å². The van der Waals surface area contributed by atoms with Crippen molar-refractivity contribution >= 4 is 0 Å². The SMILES string of the molecule is C=CCOCC(OCOCCOC)=C(F)F. The molecule has 0 atom stereocenters. The second kappa shape index (κ2) is 10.5. The molecule has 0 aliphatic carbocycles. The van der Waals surface area contributed by atoms with Gasteiger partial charge in [-0.15, -0.1) is 6.58 Å². The Morgan fingerprint density at radius 1 is 1.25 bits per heavy atom. The van der Waals surface area contributed by atoms with Gasteiger partial charge in [-0.2, -0.15) is 8.78 Å². The van der Waals surface area contributed by atoms with Crippen molar-refractivity contribution in [2.24, 2.45) is 0 Å². The minimum Gasteiger partial charge on any atom is -0.464 e. The first-order chi connectivity index (χ1) is 7.72. The third kappa shape index (κ3) is 8.34. The van der Waals surface area contributed by atoms with Crippen LogP contribution in [0.2, 0.25) is 0 Å². The van der Waals surface area contributed by atoms with E-state index >= 15 is 0 Å². The lowest BCUT2D eigenvalue weighted by Gasteiger charge is -2.09. The highest BCUT2D eigenvalue weighted by molar-refractivity contribution is 4.93. The number of ether oxygens (including phenoxy) is 4. The van der Waals surface area contributed by atoms with Crippen LogP contribution in [-0.2, 0) is 18.9 Å². The lowest BCUT2D eigenvalue weighted by molar-refractivity contribution is -0.0530. The maximum absolute atomic E-state index is 12.3. The minimum atomic E-state index is -1.92. The number of methoxy groups -OCH3 is 1. The lowest BCUT2D eigenvalue weighted by atomic mass is 10.5. The van der Waals surface area contributed by atoms with Crippen LogP contribution < -0.4 is 0 Å². The number of hydrogen-bond acceptors (Lipinski definition) is 4. The molecule has 0 aliphatic rings. The molecule has 0 heterocycles. The Hall–Kier alpha value is -0.980. The molecule has 16 heavy (non-hydrogen) atoms. The van der Waals surface area contributed by atoms with Crippen molar-refractivity contribution in [2.45, 2.75) is 0 Å². The topological polar surface area (TPSA) is 36.9 Å². The molecule has 0 spiro atoms. The molecule has 0 rings (SSSR count). The normalized spacial score (nSPS) is 9.94. The van der Waals surface area contributed by atoms with Gasteiger partial charge < -0.3 is 18.9 Å². The van der Waals surface area contributed by atoms with Crippen LogP contribution in [0.25, 0.3) is 0 Å². The summed E-state index contributed by atoms with van der Waals surface area (Å²) >= 11 is 0. The Kier molecular flexibility index (Phi) is 9.89. The van der Waals surface area contributed by atoms with Crippen molar-refractivity contribution in [1.29, 1.82) is 0 Å². The van der Waals surface area contributed by atoms with Gasteiger partial charge in [0.25, 0.3) is 0 Å². The second-order valence-electron chi connectivity index (χ2n) is 2.65. The maximum atomic E-state index is 12.3. The largest absolute Gasteiger partial charge is 0.464 e. The second-order valence-corrected chi connectivity index (χ2v) is 2.65. The zero-order valence-electron chi connectivity index (χ0n) is 9.21. The molecule has 0 aliphatic heterocycles. The van der Waals surface area contributed by atoms with E-state index < -0.39 is 11.8 Å². The number of rotatable bonds is 10. The standard InChI is InChI=1S/C10H16F2O4/c1-3-4-14-7-9(10(11)12)16-8-15-6-5-13-2/h3H,1,4-8H2,2H3.